The second-order valence-corrected chi connectivity index (χ2v) is 7.29. The van der Waals surface area contributed by atoms with E-state index in [1.165, 1.54) is 12.4 Å². The van der Waals surface area contributed by atoms with Gasteiger partial charge in [-0.2, -0.15) is 5.10 Å². The average Bonchev–Trinajstić information content (AvgIpc) is 3.06. The molecule has 2 N–H and O–H groups in total. The Morgan fingerprint density at radius 1 is 1.30 bits per heavy atom. The van der Waals surface area contributed by atoms with Crippen molar-refractivity contribution in [3.05, 3.63) is 42.7 Å². The van der Waals surface area contributed by atoms with Crippen LogP contribution in [-0.2, 0) is 10.0 Å². The van der Waals surface area contributed by atoms with Gasteiger partial charge in [0, 0.05) is 6.54 Å². The molecular formula is C15H21ClN4O2S. The Kier molecular flexibility index (Phi) is 6.17. The molecule has 1 aliphatic rings. The van der Waals surface area contributed by atoms with Crippen LogP contribution in [-0.4, -0.2) is 37.8 Å². The predicted octanol–water partition coefficient (Wildman–Crippen LogP) is 1.57. The van der Waals surface area contributed by atoms with Gasteiger partial charge in [-0.25, -0.2) is 17.8 Å². The standard InChI is InChI=1S/C15H20N4O2S.ClH/c20-22(21,18-10-13-5-4-8-16-9-13)15-11-17-19(12-15)14-6-2-1-3-7-14;/h1-3,6-7,11-13,16,18H,4-5,8-10H2;1H. The molecule has 1 aromatic heterocycles. The summed E-state index contributed by atoms with van der Waals surface area (Å²) in [6.45, 7) is 2.35. The van der Waals surface area contributed by atoms with Gasteiger partial charge in [0.1, 0.15) is 4.90 Å². The zero-order chi connectivity index (χ0) is 15.4. The van der Waals surface area contributed by atoms with E-state index in [0.717, 1.165) is 31.6 Å². The van der Waals surface area contributed by atoms with Crippen LogP contribution in [0.25, 0.3) is 5.69 Å². The minimum Gasteiger partial charge on any atom is -0.316 e. The molecule has 1 unspecified atom stereocenters. The monoisotopic (exact) mass is 356 g/mol. The third kappa shape index (κ3) is 4.54. The first-order valence-corrected chi connectivity index (χ1v) is 8.94. The van der Waals surface area contributed by atoms with Crippen molar-refractivity contribution in [2.45, 2.75) is 17.7 Å². The lowest BCUT2D eigenvalue weighted by Gasteiger charge is -2.22. The fraction of sp³-hybridized carbons (Fsp3) is 0.400. The molecule has 3 rings (SSSR count). The van der Waals surface area contributed by atoms with Crippen LogP contribution in [0.4, 0.5) is 0 Å². The smallest absolute Gasteiger partial charge is 0.243 e. The Bertz CT molecular complexity index is 712. The molecule has 1 saturated heterocycles. The summed E-state index contributed by atoms with van der Waals surface area (Å²) in [7, 11) is -3.51. The van der Waals surface area contributed by atoms with Gasteiger partial charge in [-0.1, -0.05) is 18.2 Å². The Morgan fingerprint density at radius 3 is 2.78 bits per heavy atom. The van der Waals surface area contributed by atoms with Gasteiger partial charge in [0.05, 0.1) is 18.1 Å². The van der Waals surface area contributed by atoms with Crippen LogP contribution in [0.1, 0.15) is 12.8 Å². The maximum Gasteiger partial charge on any atom is 0.243 e. The van der Waals surface area contributed by atoms with E-state index < -0.39 is 10.0 Å². The Balaban J connectivity index is 0.00000192. The van der Waals surface area contributed by atoms with E-state index in [-0.39, 0.29) is 17.3 Å². The minimum absolute atomic E-state index is 0. The SMILES string of the molecule is Cl.O=S(=O)(NCC1CCCNC1)c1cnn(-c2ccccc2)c1. The van der Waals surface area contributed by atoms with E-state index >= 15 is 0 Å². The number of hydrogen-bond donors (Lipinski definition) is 2. The largest absolute Gasteiger partial charge is 0.316 e. The van der Waals surface area contributed by atoms with Crippen LogP contribution in [0, 0.1) is 5.92 Å². The molecular weight excluding hydrogens is 336 g/mol. The van der Waals surface area contributed by atoms with Gasteiger partial charge in [0.25, 0.3) is 0 Å². The summed E-state index contributed by atoms with van der Waals surface area (Å²) in [5, 5.41) is 7.42. The van der Waals surface area contributed by atoms with Crippen LogP contribution < -0.4 is 10.0 Å². The van der Waals surface area contributed by atoms with Crippen LogP contribution in [0.5, 0.6) is 0 Å². The number of nitrogens with one attached hydrogen (secondary N) is 2. The van der Waals surface area contributed by atoms with Gasteiger partial charge in [-0.15, -0.1) is 12.4 Å². The van der Waals surface area contributed by atoms with Crippen LogP contribution in [0.3, 0.4) is 0 Å². The number of sulfonamides is 1. The highest BCUT2D eigenvalue weighted by atomic mass is 35.5. The zero-order valence-electron chi connectivity index (χ0n) is 12.7. The number of hydrogen-bond acceptors (Lipinski definition) is 4. The molecule has 0 spiro atoms. The Labute approximate surface area is 142 Å². The van der Waals surface area contributed by atoms with Gasteiger partial charge in [-0.3, -0.25) is 0 Å². The molecule has 126 valence electrons. The van der Waals surface area contributed by atoms with E-state index in [1.54, 1.807) is 4.68 Å². The molecule has 0 radical (unpaired) electrons. The third-order valence-corrected chi connectivity index (χ3v) is 5.23. The summed E-state index contributed by atoms with van der Waals surface area (Å²) in [4.78, 5) is 0.195. The summed E-state index contributed by atoms with van der Waals surface area (Å²) in [5.41, 5.74) is 0.834. The van der Waals surface area contributed by atoms with E-state index in [0.29, 0.717) is 12.5 Å². The fourth-order valence-electron chi connectivity index (χ4n) is 2.58. The molecule has 0 amide bonds. The number of aromatic nitrogens is 2. The summed E-state index contributed by atoms with van der Waals surface area (Å²) < 4.78 is 28.9. The molecule has 1 aliphatic heterocycles. The Morgan fingerprint density at radius 2 is 2.09 bits per heavy atom. The molecule has 1 fully saturated rings. The van der Waals surface area contributed by atoms with Gasteiger partial charge in [-0.05, 0) is 44.0 Å². The van der Waals surface area contributed by atoms with Gasteiger partial charge < -0.3 is 5.32 Å². The lowest BCUT2D eigenvalue weighted by Crippen LogP contribution is -2.38. The van der Waals surface area contributed by atoms with Crippen LogP contribution >= 0.6 is 12.4 Å². The molecule has 1 aromatic carbocycles. The lowest BCUT2D eigenvalue weighted by atomic mass is 10.0. The van der Waals surface area contributed by atoms with Crippen molar-refractivity contribution >= 4 is 22.4 Å². The van der Waals surface area contributed by atoms with E-state index in [1.807, 2.05) is 30.3 Å². The summed E-state index contributed by atoms with van der Waals surface area (Å²) >= 11 is 0. The van der Waals surface area contributed by atoms with Gasteiger partial charge >= 0.3 is 0 Å². The van der Waals surface area contributed by atoms with Gasteiger partial charge in [0.15, 0.2) is 0 Å². The molecule has 2 aromatic rings. The third-order valence-electron chi connectivity index (χ3n) is 3.85. The van der Waals surface area contributed by atoms with Crippen molar-refractivity contribution in [1.82, 2.24) is 19.8 Å². The topological polar surface area (TPSA) is 76.0 Å². The number of piperidine rings is 1. The van der Waals surface area contributed by atoms with E-state index in [4.69, 9.17) is 0 Å². The molecule has 0 aliphatic carbocycles. The van der Waals surface area contributed by atoms with Gasteiger partial charge in [0.2, 0.25) is 10.0 Å². The number of rotatable bonds is 5. The molecule has 6 nitrogen and oxygen atoms in total. The number of nitrogens with zero attached hydrogens (tertiary/aromatic N) is 2. The number of benzene rings is 1. The average molecular weight is 357 g/mol. The maximum absolute atomic E-state index is 12.3. The summed E-state index contributed by atoms with van der Waals surface area (Å²) in [6, 6.07) is 9.44. The molecule has 8 heteroatoms. The van der Waals surface area contributed by atoms with Crippen molar-refractivity contribution in [3.8, 4) is 5.69 Å². The van der Waals surface area contributed by atoms with Crippen LogP contribution in [0.15, 0.2) is 47.6 Å². The maximum atomic E-state index is 12.3. The van der Waals surface area contributed by atoms with E-state index in [2.05, 4.69) is 15.1 Å². The molecule has 0 bridgehead atoms. The molecule has 0 saturated carbocycles. The van der Waals surface area contributed by atoms with Crippen molar-refractivity contribution in [2.75, 3.05) is 19.6 Å². The number of halogens is 1. The first kappa shape index (κ1) is 17.9. The predicted molar refractivity (Wildman–Crippen MR) is 91.6 cm³/mol. The van der Waals surface area contributed by atoms with Crippen LogP contribution in [0.2, 0.25) is 0 Å². The first-order valence-electron chi connectivity index (χ1n) is 7.46. The van der Waals surface area contributed by atoms with Crippen molar-refractivity contribution in [3.63, 3.8) is 0 Å². The quantitative estimate of drug-likeness (QED) is 0.852. The lowest BCUT2D eigenvalue weighted by molar-refractivity contribution is 0.376. The molecule has 1 atom stereocenters. The van der Waals surface area contributed by atoms with Crippen molar-refractivity contribution in [2.24, 2.45) is 5.92 Å². The first-order chi connectivity index (χ1) is 10.6. The number of para-hydroxylation sites is 1. The van der Waals surface area contributed by atoms with E-state index in [9.17, 15) is 8.42 Å². The highest BCUT2D eigenvalue weighted by Crippen LogP contribution is 2.14. The second kappa shape index (κ2) is 7.92. The Hall–Kier alpha value is -1.41. The minimum atomic E-state index is -3.51. The second-order valence-electron chi connectivity index (χ2n) is 5.52. The van der Waals surface area contributed by atoms with Crippen molar-refractivity contribution in [1.29, 1.82) is 0 Å². The molecule has 23 heavy (non-hydrogen) atoms. The summed E-state index contributed by atoms with van der Waals surface area (Å²) in [5.74, 6) is 0.354. The fourth-order valence-corrected chi connectivity index (χ4v) is 3.62. The zero-order valence-corrected chi connectivity index (χ0v) is 14.3. The highest BCUT2D eigenvalue weighted by molar-refractivity contribution is 7.89. The summed E-state index contributed by atoms with van der Waals surface area (Å²) in [6.07, 6.45) is 5.07. The molecule has 2 heterocycles. The highest BCUT2D eigenvalue weighted by Gasteiger charge is 2.20. The normalized spacial score (nSPS) is 18.3. The van der Waals surface area contributed by atoms with Crippen molar-refractivity contribution < 1.29 is 8.42 Å².